The Morgan fingerprint density at radius 3 is 3.07 bits per heavy atom. The monoisotopic (exact) mass is 269 g/mol. The molecule has 15 heavy (non-hydrogen) atoms. The zero-order valence-corrected chi connectivity index (χ0v) is 9.46. The van der Waals surface area contributed by atoms with E-state index in [0.717, 1.165) is 5.52 Å². The number of hydrogen-bond acceptors (Lipinski definition) is 4. The lowest BCUT2D eigenvalue weighted by molar-refractivity contribution is 0.0601. The zero-order valence-electron chi connectivity index (χ0n) is 7.87. The molecule has 0 saturated carbocycles. The minimum Gasteiger partial charge on any atom is -0.465 e. The van der Waals surface area contributed by atoms with Crippen LogP contribution in [0.3, 0.4) is 0 Å². The lowest BCUT2D eigenvalue weighted by Crippen LogP contribution is -2.00. The SMILES string of the molecule is COC(=O)c1ccc2[nH]c(NBr)nc2c1. The molecule has 6 heteroatoms. The van der Waals surface area contributed by atoms with Crippen molar-refractivity contribution in [1.82, 2.24) is 9.97 Å². The van der Waals surface area contributed by atoms with Gasteiger partial charge in [0.1, 0.15) is 0 Å². The van der Waals surface area contributed by atoms with E-state index in [4.69, 9.17) is 0 Å². The van der Waals surface area contributed by atoms with Gasteiger partial charge >= 0.3 is 5.97 Å². The van der Waals surface area contributed by atoms with E-state index in [-0.39, 0.29) is 5.97 Å². The van der Waals surface area contributed by atoms with E-state index in [1.54, 1.807) is 18.2 Å². The average molecular weight is 270 g/mol. The summed E-state index contributed by atoms with van der Waals surface area (Å²) >= 11 is 3.06. The molecule has 0 amide bonds. The van der Waals surface area contributed by atoms with Crippen LogP contribution >= 0.6 is 16.1 Å². The van der Waals surface area contributed by atoms with E-state index in [0.29, 0.717) is 17.0 Å². The number of esters is 1. The lowest BCUT2D eigenvalue weighted by atomic mass is 10.2. The summed E-state index contributed by atoms with van der Waals surface area (Å²) in [5.41, 5.74) is 2.04. The van der Waals surface area contributed by atoms with Crippen LogP contribution in [0.15, 0.2) is 18.2 Å². The van der Waals surface area contributed by atoms with Crippen LogP contribution in [-0.4, -0.2) is 23.0 Å². The van der Waals surface area contributed by atoms with Gasteiger partial charge in [0.2, 0.25) is 5.95 Å². The Balaban J connectivity index is 2.50. The van der Waals surface area contributed by atoms with Gasteiger partial charge in [-0.1, -0.05) is 0 Å². The maximum absolute atomic E-state index is 11.2. The second-order valence-corrected chi connectivity index (χ2v) is 3.30. The van der Waals surface area contributed by atoms with Gasteiger partial charge in [-0.15, -0.1) is 0 Å². The van der Waals surface area contributed by atoms with E-state index >= 15 is 0 Å². The standard InChI is InChI=1S/C9H8BrN3O2/c1-15-8(14)5-2-3-6-7(4-5)12-9(11-6)13-10/h2-4H,1H3,(H2,11,12,13). The van der Waals surface area contributed by atoms with E-state index in [9.17, 15) is 4.79 Å². The quantitative estimate of drug-likeness (QED) is 0.647. The summed E-state index contributed by atoms with van der Waals surface area (Å²) in [6.45, 7) is 0. The first-order valence-electron chi connectivity index (χ1n) is 4.19. The molecule has 2 N–H and O–H groups in total. The summed E-state index contributed by atoms with van der Waals surface area (Å²) in [6, 6.07) is 5.14. The molecule has 0 fully saturated rings. The van der Waals surface area contributed by atoms with Gasteiger partial charge in [0, 0.05) is 16.1 Å². The number of methoxy groups -OCH3 is 1. The Bertz CT molecular complexity index is 509. The van der Waals surface area contributed by atoms with Crippen molar-refractivity contribution >= 4 is 39.1 Å². The number of rotatable bonds is 2. The molecule has 0 saturated heterocycles. The van der Waals surface area contributed by atoms with Crippen molar-refractivity contribution < 1.29 is 9.53 Å². The van der Waals surface area contributed by atoms with E-state index in [2.05, 4.69) is 35.2 Å². The molecule has 0 radical (unpaired) electrons. The molecule has 0 aliphatic rings. The van der Waals surface area contributed by atoms with Gasteiger partial charge in [0.25, 0.3) is 0 Å². The van der Waals surface area contributed by atoms with Crippen LogP contribution in [0.4, 0.5) is 5.95 Å². The highest BCUT2D eigenvalue weighted by Crippen LogP contribution is 2.17. The number of ether oxygens (including phenoxy) is 1. The second kappa shape index (κ2) is 3.90. The van der Waals surface area contributed by atoms with Gasteiger partial charge in [-0.05, 0) is 18.2 Å². The summed E-state index contributed by atoms with van der Waals surface area (Å²) in [6.07, 6.45) is 0. The molecule has 1 aromatic heterocycles. The molecule has 0 spiro atoms. The predicted octanol–water partition coefficient (Wildman–Crippen LogP) is 2.07. The molecule has 0 aliphatic heterocycles. The van der Waals surface area contributed by atoms with Gasteiger partial charge < -0.3 is 9.72 Å². The predicted molar refractivity (Wildman–Crippen MR) is 60.0 cm³/mol. The molecule has 0 unspecified atom stereocenters. The number of hydrogen-bond donors (Lipinski definition) is 2. The first-order valence-corrected chi connectivity index (χ1v) is 4.98. The molecular weight excluding hydrogens is 262 g/mol. The smallest absolute Gasteiger partial charge is 0.337 e. The number of fused-ring (bicyclic) bond motifs is 1. The number of carbonyl (C=O) groups is 1. The van der Waals surface area contributed by atoms with Crippen molar-refractivity contribution in [2.45, 2.75) is 0 Å². The first kappa shape index (κ1) is 9.97. The summed E-state index contributed by atoms with van der Waals surface area (Å²) in [5, 5.41) is 0. The van der Waals surface area contributed by atoms with Crippen molar-refractivity contribution in [3.05, 3.63) is 23.8 Å². The summed E-state index contributed by atoms with van der Waals surface area (Å²) in [4.78, 5) is 18.4. The Morgan fingerprint density at radius 1 is 1.60 bits per heavy atom. The average Bonchev–Trinajstić information content (AvgIpc) is 2.69. The Hall–Kier alpha value is -1.56. The minimum absolute atomic E-state index is 0.367. The number of H-pyrrole nitrogens is 1. The van der Waals surface area contributed by atoms with Crippen molar-refractivity contribution in [3.63, 3.8) is 0 Å². The van der Waals surface area contributed by atoms with Crippen LogP contribution in [0.25, 0.3) is 11.0 Å². The lowest BCUT2D eigenvalue weighted by Gasteiger charge is -1.97. The Kier molecular flexibility index (Phi) is 2.59. The van der Waals surface area contributed by atoms with Gasteiger partial charge in [0.15, 0.2) is 0 Å². The number of aromatic nitrogens is 2. The molecule has 5 nitrogen and oxygen atoms in total. The number of imidazole rings is 1. The summed E-state index contributed by atoms with van der Waals surface area (Å²) in [5.74, 6) is 0.222. The fourth-order valence-corrected chi connectivity index (χ4v) is 1.48. The largest absolute Gasteiger partial charge is 0.465 e. The van der Waals surface area contributed by atoms with Crippen LogP contribution in [0, 0.1) is 0 Å². The highest BCUT2D eigenvalue weighted by Gasteiger charge is 2.08. The van der Waals surface area contributed by atoms with Gasteiger partial charge in [0.05, 0.1) is 23.7 Å². The topological polar surface area (TPSA) is 67.0 Å². The molecular formula is C9H8BrN3O2. The van der Waals surface area contributed by atoms with Crippen molar-refractivity contribution in [2.24, 2.45) is 0 Å². The van der Waals surface area contributed by atoms with E-state index in [1.165, 1.54) is 7.11 Å². The summed E-state index contributed by atoms with van der Waals surface area (Å²) in [7, 11) is 1.35. The van der Waals surface area contributed by atoms with E-state index < -0.39 is 0 Å². The third kappa shape index (κ3) is 1.80. The molecule has 0 aliphatic carbocycles. The third-order valence-electron chi connectivity index (χ3n) is 1.99. The summed E-state index contributed by atoms with van der Waals surface area (Å²) < 4.78 is 7.33. The normalized spacial score (nSPS) is 10.3. The van der Waals surface area contributed by atoms with Crippen LogP contribution in [-0.2, 0) is 4.74 Å². The second-order valence-electron chi connectivity index (χ2n) is 2.90. The molecule has 1 aromatic carbocycles. The van der Waals surface area contributed by atoms with Gasteiger partial charge in [-0.25, -0.2) is 9.78 Å². The Labute approximate surface area is 94.2 Å². The highest BCUT2D eigenvalue weighted by molar-refractivity contribution is 9.10. The van der Waals surface area contributed by atoms with Gasteiger partial charge in [-0.2, -0.15) is 0 Å². The molecule has 1 heterocycles. The maximum atomic E-state index is 11.2. The molecule has 2 rings (SSSR count). The third-order valence-corrected chi connectivity index (χ3v) is 2.37. The van der Waals surface area contributed by atoms with Crippen LogP contribution in [0.5, 0.6) is 0 Å². The van der Waals surface area contributed by atoms with Crippen LogP contribution < -0.4 is 4.34 Å². The number of carbonyl (C=O) groups excluding carboxylic acids is 1. The number of halogens is 1. The minimum atomic E-state index is -0.367. The fourth-order valence-electron chi connectivity index (χ4n) is 1.30. The maximum Gasteiger partial charge on any atom is 0.337 e. The molecule has 0 atom stereocenters. The number of nitrogens with zero attached hydrogens (tertiary/aromatic N) is 1. The number of anilines is 1. The Morgan fingerprint density at radius 2 is 2.40 bits per heavy atom. The first-order chi connectivity index (χ1) is 7.24. The molecule has 2 aromatic rings. The van der Waals surface area contributed by atoms with Gasteiger partial charge in [-0.3, -0.25) is 4.34 Å². The number of nitrogens with one attached hydrogen (secondary N) is 2. The van der Waals surface area contributed by atoms with Crippen molar-refractivity contribution in [1.29, 1.82) is 0 Å². The van der Waals surface area contributed by atoms with Crippen molar-refractivity contribution in [2.75, 3.05) is 11.5 Å². The molecule has 0 bridgehead atoms. The van der Waals surface area contributed by atoms with Crippen LogP contribution in [0.2, 0.25) is 0 Å². The highest BCUT2D eigenvalue weighted by atomic mass is 79.9. The molecule has 78 valence electrons. The van der Waals surface area contributed by atoms with Crippen molar-refractivity contribution in [3.8, 4) is 0 Å². The number of aromatic amines is 1. The fraction of sp³-hybridized carbons (Fsp3) is 0.111. The zero-order chi connectivity index (χ0) is 10.8. The van der Waals surface area contributed by atoms with E-state index in [1.807, 2.05) is 0 Å². The number of benzene rings is 1. The van der Waals surface area contributed by atoms with Crippen LogP contribution in [0.1, 0.15) is 10.4 Å².